The number of ether oxygens (including phenoxy) is 2. The molecule has 0 saturated heterocycles. The molecule has 2 heterocycles. The van der Waals surface area contributed by atoms with Gasteiger partial charge in [0.2, 0.25) is 17.7 Å². The summed E-state index contributed by atoms with van der Waals surface area (Å²) >= 11 is 7.20. The summed E-state index contributed by atoms with van der Waals surface area (Å²) < 4.78 is 21.9. The molecule has 0 N–H and O–H groups in total. The van der Waals surface area contributed by atoms with Gasteiger partial charge in [-0.2, -0.15) is 0 Å². The van der Waals surface area contributed by atoms with Crippen LogP contribution in [0.1, 0.15) is 5.89 Å². The van der Waals surface area contributed by atoms with E-state index in [1.54, 1.807) is 38.5 Å². The van der Waals surface area contributed by atoms with Gasteiger partial charge in [-0.1, -0.05) is 23.4 Å². The maximum absolute atomic E-state index is 5.89. The van der Waals surface area contributed by atoms with Gasteiger partial charge >= 0.3 is 0 Å². The summed E-state index contributed by atoms with van der Waals surface area (Å²) in [4.78, 5) is 0. The number of aromatic nitrogens is 4. The van der Waals surface area contributed by atoms with Crippen molar-refractivity contribution in [2.75, 3.05) is 14.2 Å². The second-order valence-corrected chi connectivity index (χ2v) is 7.10. The first-order chi connectivity index (χ1) is 14.2. The summed E-state index contributed by atoms with van der Waals surface area (Å²) in [6.45, 7) is 0. The first kappa shape index (κ1) is 19.3. The minimum atomic E-state index is 0.383. The molecule has 0 saturated carbocycles. The smallest absolute Gasteiger partial charge is 0.277 e. The number of thioether (sulfide) groups is 1. The Hall–Kier alpha value is -3.04. The minimum Gasteiger partial charge on any atom is -0.493 e. The van der Waals surface area contributed by atoms with Crippen molar-refractivity contribution >= 4 is 23.4 Å². The molecule has 148 valence electrons. The molecule has 4 rings (SSSR count). The van der Waals surface area contributed by atoms with Gasteiger partial charge in [-0.15, -0.1) is 20.4 Å². The van der Waals surface area contributed by atoms with Crippen molar-refractivity contribution in [3.8, 4) is 34.4 Å². The van der Waals surface area contributed by atoms with Crippen molar-refractivity contribution in [2.24, 2.45) is 0 Å². The molecule has 0 unspecified atom stereocenters. The molecule has 10 heteroatoms. The highest BCUT2D eigenvalue weighted by atomic mass is 35.5. The van der Waals surface area contributed by atoms with Gasteiger partial charge in [0, 0.05) is 16.1 Å². The second kappa shape index (κ2) is 8.54. The molecule has 0 radical (unpaired) electrons. The SMILES string of the molecule is COc1ccc(-c2nnc(CSc3nnc(-c4ccc(Cl)cc4)o3)o2)cc1OC. The zero-order valence-electron chi connectivity index (χ0n) is 15.5. The van der Waals surface area contributed by atoms with E-state index in [4.69, 9.17) is 29.9 Å². The second-order valence-electron chi connectivity index (χ2n) is 5.74. The number of hydrogen-bond donors (Lipinski definition) is 0. The van der Waals surface area contributed by atoms with Gasteiger partial charge in [0.25, 0.3) is 5.22 Å². The van der Waals surface area contributed by atoms with Gasteiger partial charge in [-0.05, 0) is 42.5 Å². The molecule has 0 aliphatic carbocycles. The van der Waals surface area contributed by atoms with E-state index >= 15 is 0 Å². The lowest BCUT2D eigenvalue weighted by Gasteiger charge is -2.07. The Labute approximate surface area is 175 Å². The molecule has 0 atom stereocenters. The number of nitrogens with zero attached hydrogens (tertiary/aromatic N) is 4. The van der Waals surface area contributed by atoms with Crippen LogP contribution in [0.2, 0.25) is 5.02 Å². The molecule has 4 aromatic rings. The lowest BCUT2D eigenvalue weighted by Crippen LogP contribution is -1.90. The van der Waals surface area contributed by atoms with Crippen LogP contribution in [0, 0.1) is 0 Å². The molecule has 0 aliphatic rings. The maximum atomic E-state index is 5.89. The molecular weight excluding hydrogens is 416 g/mol. The average molecular weight is 431 g/mol. The summed E-state index contributed by atoms with van der Waals surface area (Å²) in [6.07, 6.45) is 0. The Morgan fingerprint density at radius 2 is 1.52 bits per heavy atom. The Bertz CT molecular complexity index is 1110. The van der Waals surface area contributed by atoms with Gasteiger partial charge in [-0.25, -0.2) is 0 Å². The summed E-state index contributed by atoms with van der Waals surface area (Å²) in [6, 6.07) is 12.5. The van der Waals surface area contributed by atoms with Crippen LogP contribution in [0.4, 0.5) is 0 Å². The fraction of sp³-hybridized carbons (Fsp3) is 0.158. The Kier molecular flexibility index (Phi) is 5.68. The Morgan fingerprint density at radius 1 is 0.828 bits per heavy atom. The first-order valence-corrected chi connectivity index (χ1v) is 9.79. The molecule has 0 fully saturated rings. The molecule has 29 heavy (non-hydrogen) atoms. The topological polar surface area (TPSA) is 96.3 Å². The van der Waals surface area contributed by atoms with Gasteiger partial charge in [0.15, 0.2) is 11.5 Å². The number of methoxy groups -OCH3 is 2. The molecule has 0 bridgehead atoms. The molecule has 8 nitrogen and oxygen atoms in total. The fourth-order valence-electron chi connectivity index (χ4n) is 2.50. The minimum absolute atomic E-state index is 0.383. The standard InChI is InChI=1S/C19H15ClN4O4S/c1-25-14-8-5-12(9-15(14)26-2)18-22-21-16(27-18)10-29-19-24-23-17(28-19)11-3-6-13(20)7-4-11/h3-9H,10H2,1-2H3. The number of benzene rings is 2. The van der Waals surface area contributed by atoms with Crippen molar-refractivity contribution in [2.45, 2.75) is 11.0 Å². The highest BCUT2D eigenvalue weighted by Gasteiger charge is 2.14. The van der Waals surface area contributed by atoms with E-state index in [2.05, 4.69) is 20.4 Å². The Balaban J connectivity index is 1.43. The van der Waals surface area contributed by atoms with E-state index in [9.17, 15) is 0 Å². The van der Waals surface area contributed by atoms with Crippen LogP contribution >= 0.6 is 23.4 Å². The predicted molar refractivity (Wildman–Crippen MR) is 107 cm³/mol. The van der Waals surface area contributed by atoms with E-state index in [1.165, 1.54) is 11.8 Å². The van der Waals surface area contributed by atoms with Gasteiger partial charge in [0.05, 0.1) is 20.0 Å². The molecular formula is C19H15ClN4O4S. The molecule has 0 spiro atoms. The van der Waals surface area contributed by atoms with Gasteiger partial charge in [-0.3, -0.25) is 0 Å². The third kappa shape index (κ3) is 4.36. The van der Waals surface area contributed by atoms with E-state index in [-0.39, 0.29) is 0 Å². The van der Waals surface area contributed by atoms with Crippen LogP contribution in [0.15, 0.2) is 56.5 Å². The van der Waals surface area contributed by atoms with Crippen molar-refractivity contribution < 1.29 is 18.3 Å². The zero-order chi connectivity index (χ0) is 20.2. The highest BCUT2D eigenvalue weighted by Crippen LogP contribution is 2.32. The summed E-state index contributed by atoms with van der Waals surface area (Å²) in [7, 11) is 3.15. The highest BCUT2D eigenvalue weighted by molar-refractivity contribution is 7.98. The number of hydrogen-bond acceptors (Lipinski definition) is 9. The predicted octanol–water partition coefficient (Wildman–Crippen LogP) is 4.75. The quantitative estimate of drug-likeness (QED) is 0.384. The van der Waals surface area contributed by atoms with E-state index in [1.807, 2.05) is 18.2 Å². The lowest BCUT2D eigenvalue weighted by atomic mass is 10.2. The van der Waals surface area contributed by atoms with Crippen molar-refractivity contribution in [3.05, 3.63) is 53.4 Å². The third-order valence-electron chi connectivity index (χ3n) is 3.91. The van der Waals surface area contributed by atoms with Gasteiger partial charge < -0.3 is 18.3 Å². The summed E-state index contributed by atoms with van der Waals surface area (Å²) in [5, 5.41) is 17.3. The van der Waals surface area contributed by atoms with Gasteiger partial charge in [0.1, 0.15) is 0 Å². The van der Waals surface area contributed by atoms with E-state index < -0.39 is 0 Å². The largest absolute Gasteiger partial charge is 0.493 e. The van der Waals surface area contributed by atoms with Crippen molar-refractivity contribution in [1.29, 1.82) is 0 Å². The van der Waals surface area contributed by atoms with Crippen molar-refractivity contribution in [3.63, 3.8) is 0 Å². The van der Waals surface area contributed by atoms with Crippen LogP contribution in [0.3, 0.4) is 0 Å². The van der Waals surface area contributed by atoms with Crippen molar-refractivity contribution in [1.82, 2.24) is 20.4 Å². The molecule has 0 amide bonds. The van der Waals surface area contributed by atoms with Crippen LogP contribution < -0.4 is 9.47 Å². The number of rotatable bonds is 7. The summed E-state index contributed by atoms with van der Waals surface area (Å²) in [5.74, 6) is 2.84. The zero-order valence-corrected chi connectivity index (χ0v) is 17.0. The van der Waals surface area contributed by atoms with Crippen LogP contribution in [-0.4, -0.2) is 34.6 Å². The monoisotopic (exact) mass is 430 g/mol. The Morgan fingerprint density at radius 3 is 2.28 bits per heavy atom. The average Bonchev–Trinajstić information content (AvgIpc) is 3.42. The van der Waals surface area contributed by atoms with E-state index in [0.717, 1.165) is 11.1 Å². The van der Waals surface area contributed by atoms with Crippen LogP contribution in [-0.2, 0) is 5.75 Å². The fourth-order valence-corrected chi connectivity index (χ4v) is 3.22. The van der Waals surface area contributed by atoms with Crippen LogP contribution in [0.5, 0.6) is 11.5 Å². The van der Waals surface area contributed by atoms with E-state index in [0.29, 0.717) is 45.2 Å². The first-order valence-electron chi connectivity index (χ1n) is 8.43. The summed E-state index contributed by atoms with van der Waals surface area (Å²) in [5.41, 5.74) is 1.52. The third-order valence-corrected chi connectivity index (χ3v) is 4.97. The molecule has 0 aliphatic heterocycles. The lowest BCUT2D eigenvalue weighted by molar-refractivity contribution is 0.355. The normalized spacial score (nSPS) is 10.9. The van der Waals surface area contributed by atoms with Crippen LogP contribution in [0.25, 0.3) is 22.9 Å². The molecule has 2 aromatic carbocycles. The molecule has 2 aromatic heterocycles. The number of halogens is 1. The maximum Gasteiger partial charge on any atom is 0.277 e.